The molecule has 1 aliphatic rings. The van der Waals surface area contributed by atoms with Crippen LogP contribution in [0.25, 0.3) is 11.8 Å². The minimum Gasteiger partial charge on any atom is -0.469 e. The summed E-state index contributed by atoms with van der Waals surface area (Å²) >= 11 is 0. The maximum atomic E-state index is 11.2. The van der Waals surface area contributed by atoms with Crippen LogP contribution in [0.4, 0.5) is 5.69 Å². The first-order valence-electron chi connectivity index (χ1n) is 9.19. The topological polar surface area (TPSA) is 87.3 Å². The van der Waals surface area contributed by atoms with Gasteiger partial charge < -0.3 is 4.74 Å². The molecule has 0 atom stereocenters. The summed E-state index contributed by atoms with van der Waals surface area (Å²) in [6, 6.07) is 6.50. The largest absolute Gasteiger partial charge is 0.469 e. The Morgan fingerprint density at radius 2 is 2.04 bits per heavy atom. The molecule has 1 aromatic carbocycles. The molecule has 0 saturated carbocycles. The van der Waals surface area contributed by atoms with E-state index in [0.29, 0.717) is 6.42 Å². The molecule has 1 heterocycles. The highest BCUT2D eigenvalue weighted by atomic mass is 16.6. The standard InChI is InChI=1S/C20H23N3O4/c1-27-20(24)10-4-2-3-8-18-17-7-5-6-9-19(17)22(21-18)15-11-13-16(14-12-15)23(25)26/h3,8,11-14H,2,4-7,9-10H2,1H3/b8-3-. The number of allylic oxidation sites excluding steroid dienone is 1. The number of nitrogens with zero attached hydrogens (tertiary/aromatic N) is 3. The summed E-state index contributed by atoms with van der Waals surface area (Å²) in [5.41, 5.74) is 4.30. The number of methoxy groups -OCH3 is 1. The maximum absolute atomic E-state index is 11.2. The van der Waals surface area contributed by atoms with Crippen molar-refractivity contribution >= 4 is 17.7 Å². The van der Waals surface area contributed by atoms with E-state index in [2.05, 4.69) is 4.74 Å². The molecule has 1 aliphatic carbocycles. The van der Waals surface area contributed by atoms with Crippen LogP contribution in [0.2, 0.25) is 0 Å². The van der Waals surface area contributed by atoms with Gasteiger partial charge in [0.2, 0.25) is 0 Å². The van der Waals surface area contributed by atoms with E-state index in [9.17, 15) is 14.9 Å². The highest BCUT2D eigenvalue weighted by Crippen LogP contribution is 2.28. The summed E-state index contributed by atoms with van der Waals surface area (Å²) in [7, 11) is 1.40. The summed E-state index contributed by atoms with van der Waals surface area (Å²) in [5, 5.41) is 15.6. The summed E-state index contributed by atoms with van der Waals surface area (Å²) in [6.45, 7) is 0. The summed E-state index contributed by atoms with van der Waals surface area (Å²) in [5.74, 6) is -0.191. The third-order valence-corrected chi connectivity index (χ3v) is 4.77. The van der Waals surface area contributed by atoms with E-state index >= 15 is 0 Å². The smallest absolute Gasteiger partial charge is 0.305 e. The highest BCUT2D eigenvalue weighted by molar-refractivity contribution is 5.69. The molecule has 0 fully saturated rings. The van der Waals surface area contributed by atoms with E-state index in [1.54, 1.807) is 12.1 Å². The first-order valence-corrected chi connectivity index (χ1v) is 9.19. The van der Waals surface area contributed by atoms with Crippen molar-refractivity contribution in [1.29, 1.82) is 0 Å². The van der Waals surface area contributed by atoms with Crippen molar-refractivity contribution in [3.8, 4) is 5.69 Å². The Hall–Kier alpha value is -2.96. The van der Waals surface area contributed by atoms with Crippen molar-refractivity contribution in [3.63, 3.8) is 0 Å². The minimum absolute atomic E-state index is 0.0745. The number of aromatic nitrogens is 2. The zero-order valence-corrected chi connectivity index (χ0v) is 15.4. The average molecular weight is 369 g/mol. The van der Waals surface area contributed by atoms with E-state index in [1.165, 1.54) is 30.5 Å². The van der Waals surface area contributed by atoms with Gasteiger partial charge in [0, 0.05) is 29.8 Å². The van der Waals surface area contributed by atoms with Gasteiger partial charge in [-0.3, -0.25) is 14.9 Å². The van der Waals surface area contributed by atoms with Gasteiger partial charge in [-0.2, -0.15) is 5.10 Å². The van der Waals surface area contributed by atoms with Crippen molar-refractivity contribution in [1.82, 2.24) is 9.78 Å². The number of hydrogen-bond acceptors (Lipinski definition) is 5. The first kappa shape index (κ1) is 18.8. The fourth-order valence-corrected chi connectivity index (χ4v) is 3.35. The van der Waals surface area contributed by atoms with E-state index < -0.39 is 4.92 Å². The monoisotopic (exact) mass is 369 g/mol. The summed E-state index contributed by atoms with van der Waals surface area (Å²) in [6.07, 6.45) is 10.2. The summed E-state index contributed by atoms with van der Waals surface area (Å²) in [4.78, 5) is 21.6. The van der Waals surface area contributed by atoms with Crippen molar-refractivity contribution in [3.05, 3.63) is 57.4 Å². The number of benzene rings is 1. The molecule has 0 spiro atoms. The second-order valence-electron chi connectivity index (χ2n) is 6.57. The maximum Gasteiger partial charge on any atom is 0.305 e. The molecule has 1 aromatic heterocycles. The van der Waals surface area contributed by atoms with Crippen LogP contribution >= 0.6 is 0 Å². The van der Waals surface area contributed by atoms with Crippen molar-refractivity contribution in [2.75, 3.05) is 7.11 Å². The van der Waals surface area contributed by atoms with Gasteiger partial charge >= 0.3 is 5.97 Å². The van der Waals surface area contributed by atoms with E-state index in [1.807, 2.05) is 16.8 Å². The Morgan fingerprint density at radius 3 is 2.74 bits per heavy atom. The number of hydrogen-bond donors (Lipinski definition) is 0. The van der Waals surface area contributed by atoms with Crippen LogP contribution in [0.5, 0.6) is 0 Å². The molecule has 0 radical (unpaired) electrons. The molecule has 0 unspecified atom stereocenters. The molecule has 7 nitrogen and oxygen atoms in total. The van der Waals surface area contributed by atoms with Crippen LogP contribution in [-0.4, -0.2) is 27.8 Å². The molecular formula is C20H23N3O4. The lowest BCUT2D eigenvalue weighted by Crippen LogP contribution is -2.07. The first-order chi connectivity index (χ1) is 13.1. The number of nitro groups is 1. The summed E-state index contributed by atoms with van der Waals surface area (Å²) < 4.78 is 6.55. The van der Waals surface area contributed by atoms with Gasteiger partial charge in [0.05, 0.1) is 23.4 Å². The molecule has 0 amide bonds. The Bertz CT molecular complexity index is 853. The van der Waals surface area contributed by atoms with Crippen LogP contribution in [-0.2, 0) is 22.4 Å². The number of ether oxygens (including phenoxy) is 1. The fourth-order valence-electron chi connectivity index (χ4n) is 3.35. The molecule has 0 aliphatic heterocycles. The quantitative estimate of drug-likeness (QED) is 0.318. The van der Waals surface area contributed by atoms with Crippen molar-refractivity contribution in [2.24, 2.45) is 0 Å². The van der Waals surface area contributed by atoms with Crippen LogP contribution in [0.3, 0.4) is 0 Å². The van der Waals surface area contributed by atoms with E-state index in [0.717, 1.165) is 49.9 Å². The zero-order valence-electron chi connectivity index (χ0n) is 15.4. The van der Waals surface area contributed by atoms with Gasteiger partial charge in [0.15, 0.2) is 0 Å². The Balaban J connectivity index is 1.80. The van der Waals surface area contributed by atoms with E-state index in [-0.39, 0.29) is 11.7 Å². The van der Waals surface area contributed by atoms with Gasteiger partial charge in [-0.1, -0.05) is 6.08 Å². The molecule has 3 rings (SSSR count). The zero-order chi connectivity index (χ0) is 19.2. The Morgan fingerprint density at radius 1 is 1.30 bits per heavy atom. The number of carbonyl (C=O) groups is 1. The van der Waals surface area contributed by atoms with Gasteiger partial charge in [-0.25, -0.2) is 4.68 Å². The highest BCUT2D eigenvalue weighted by Gasteiger charge is 2.20. The number of fused-ring (bicyclic) bond motifs is 1. The van der Waals surface area contributed by atoms with Gasteiger partial charge in [-0.05, 0) is 56.7 Å². The molecule has 0 saturated heterocycles. The van der Waals surface area contributed by atoms with Crippen LogP contribution in [0, 0.1) is 10.1 Å². The lowest BCUT2D eigenvalue weighted by atomic mass is 9.95. The Labute approximate surface area is 157 Å². The lowest BCUT2D eigenvalue weighted by molar-refractivity contribution is -0.384. The number of carbonyl (C=O) groups excluding carboxylic acids is 1. The molecule has 7 heteroatoms. The molecule has 27 heavy (non-hydrogen) atoms. The third kappa shape index (κ3) is 4.42. The van der Waals surface area contributed by atoms with Gasteiger partial charge in [0.1, 0.15) is 0 Å². The molecule has 0 bridgehead atoms. The number of nitro benzene ring substituents is 1. The number of unbranched alkanes of at least 4 members (excludes halogenated alkanes) is 1. The number of rotatable bonds is 7. The predicted molar refractivity (Wildman–Crippen MR) is 102 cm³/mol. The second kappa shape index (κ2) is 8.62. The van der Waals surface area contributed by atoms with Crippen molar-refractivity contribution < 1.29 is 14.5 Å². The fraction of sp³-hybridized carbons (Fsp3) is 0.400. The number of non-ortho nitro benzene ring substituents is 1. The van der Waals surface area contributed by atoms with E-state index in [4.69, 9.17) is 5.10 Å². The SMILES string of the molecule is COC(=O)CCC/C=C\c1nn(-c2ccc([N+](=O)[O-])cc2)c2c1CCCC2. The lowest BCUT2D eigenvalue weighted by Gasteiger charge is -2.14. The molecule has 2 aromatic rings. The molecule has 0 N–H and O–H groups in total. The second-order valence-corrected chi connectivity index (χ2v) is 6.57. The minimum atomic E-state index is -0.398. The molecule has 142 valence electrons. The van der Waals surface area contributed by atoms with Crippen LogP contribution < -0.4 is 0 Å². The predicted octanol–water partition coefficient (Wildman–Crippen LogP) is 4.02. The molecular weight excluding hydrogens is 346 g/mol. The number of esters is 1. The van der Waals surface area contributed by atoms with Crippen molar-refractivity contribution in [2.45, 2.75) is 44.9 Å². The third-order valence-electron chi connectivity index (χ3n) is 4.77. The Kier molecular flexibility index (Phi) is 6.01. The average Bonchev–Trinajstić information content (AvgIpc) is 3.06. The van der Waals surface area contributed by atoms with Crippen LogP contribution in [0.1, 0.15) is 49.1 Å². The van der Waals surface area contributed by atoms with Gasteiger partial charge in [-0.15, -0.1) is 0 Å². The normalized spacial score (nSPS) is 13.5. The van der Waals surface area contributed by atoms with Gasteiger partial charge in [0.25, 0.3) is 5.69 Å². The van der Waals surface area contributed by atoms with Crippen LogP contribution in [0.15, 0.2) is 30.3 Å².